The second kappa shape index (κ2) is 10.8. The summed E-state index contributed by atoms with van der Waals surface area (Å²) >= 11 is 0. The summed E-state index contributed by atoms with van der Waals surface area (Å²) in [5, 5.41) is 8.15. The predicted molar refractivity (Wildman–Crippen MR) is 114 cm³/mol. The van der Waals surface area contributed by atoms with Crippen molar-refractivity contribution in [2.45, 2.75) is 65.4 Å². The minimum atomic E-state index is -0.564. The van der Waals surface area contributed by atoms with Crippen molar-refractivity contribution in [1.82, 2.24) is 16.0 Å². The lowest BCUT2D eigenvalue weighted by Gasteiger charge is -2.19. The van der Waals surface area contributed by atoms with Crippen molar-refractivity contribution in [2.75, 3.05) is 19.6 Å². The quantitative estimate of drug-likeness (QED) is 0.579. The summed E-state index contributed by atoms with van der Waals surface area (Å²) in [5.41, 5.74) is 1.29. The van der Waals surface area contributed by atoms with Gasteiger partial charge < -0.3 is 20.7 Å². The number of carbonyl (C=O) groups is 3. The fourth-order valence-electron chi connectivity index (χ4n) is 2.42. The van der Waals surface area contributed by atoms with E-state index in [1.165, 1.54) is 5.56 Å². The summed E-state index contributed by atoms with van der Waals surface area (Å²) in [6.07, 6.45) is 0.256. The van der Waals surface area contributed by atoms with Crippen molar-refractivity contribution in [1.29, 1.82) is 0 Å². The summed E-state index contributed by atoms with van der Waals surface area (Å²) in [4.78, 5) is 35.4. The Balaban J connectivity index is 2.17. The van der Waals surface area contributed by atoms with Gasteiger partial charge in [-0.25, -0.2) is 4.79 Å². The number of carbonyl (C=O) groups excluding carboxylic acids is 3. The summed E-state index contributed by atoms with van der Waals surface area (Å²) in [6, 6.07) is 7.60. The molecular weight excluding hydrogens is 370 g/mol. The fraction of sp³-hybridized carbons (Fsp3) is 0.591. The molecule has 0 aliphatic heterocycles. The number of hydrogen-bond donors (Lipinski definition) is 3. The molecule has 3 N–H and O–H groups in total. The number of nitrogens with one attached hydrogen (secondary N) is 3. The van der Waals surface area contributed by atoms with Crippen LogP contribution in [0.3, 0.4) is 0 Å². The Kier molecular flexibility index (Phi) is 9.14. The number of hydrogen-bond acceptors (Lipinski definition) is 4. The zero-order valence-electron chi connectivity index (χ0n) is 18.5. The maximum absolute atomic E-state index is 12.2. The number of amides is 3. The van der Waals surface area contributed by atoms with Crippen LogP contribution in [0, 0.1) is 0 Å². The molecular formula is C22H35N3O4. The van der Waals surface area contributed by atoms with E-state index in [0.717, 1.165) is 0 Å². The first kappa shape index (κ1) is 24.5. The second-order valence-corrected chi connectivity index (χ2v) is 8.97. The van der Waals surface area contributed by atoms with Gasteiger partial charge in [0.15, 0.2) is 0 Å². The third kappa shape index (κ3) is 10.5. The molecule has 0 aliphatic carbocycles. The minimum Gasteiger partial charge on any atom is -0.444 e. The van der Waals surface area contributed by atoms with Gasteiger partial charge in [-0.1, -0.05) is 32.9 Å². The molecule has 29 heavy (non-hydrogen) atoms. The molecule has 0 aliphatic rings. The van der Waals surface area contributed by atoms with Crippen LogP contribution in [-0.4, -0.2) is 43.1 Å². The van der Waals surface area contributed by atoms with Gasteiger partial charge in [-0.3, -0.25) is 9.59 Å². The highest BCUT2D eigenvalue weighted by Gasteiger charge is 2.16. The van der Waals surface area contributed by atoms with Gasteiger partial charge in [0.1, 0.15) is 5.60 Å². The van der Waals surface area contributed by atoms with Crippen LogP contribution in [0.15, 0.2) is 24.3 Å². The molecule has 7 nitrogen and oxygen atoms in total. The van der Waals surface area contributed by atoms with Crippen LogP contribution in [0.4, 0.5) is 4.79 Å². The van der Waals surface area contributed by atoms with E-state index in [9.17, 15) is 14.4 Å². The molecule has 0 saturated carbocycles. The van der Waals surface area contributed by atoms with Crippen molar-refractivity contribution in [2.24, 2.45) is 0 Å². The third-order valence-corrected chi connectivity index (χ3v) is 3.99. The molecule has 0 radical (unpaired) electrons. The zero-order valence-corrected chi connectivity index (χ0v) is 18.5. The van der Waals surface area contributed by atoms with Gasteiger partial charge in [0.05, 0.1) is 0 Å². The van der Waals surface area contributed by atoms with Crippen LogP contribution in [0.25, 0.3) is 0 Å². The van der Waals surface area contributed by atoms with Crippen molar-refractivity contribution >= 4 is 17.9 Å². The van der Waals surface area contributed by atoms with Gasteiger partial charge >= 0.3 is 6.09 Å². The third-order valence-electron chi connectivity index (χ3n) is 3.99. The lowest BCUT2D eigenvalue weighted by atomic mass is 9.87. The molecule has 0 unspecified atom stereocenters. The molecule has 0 bridgehead atoms. The van der Waals surface area contributed by atoms with Crippen molar-refractivity contribution in [3.05, 3.63) is 35.4 Å². The highest BCUT2D eigenvalue weighted by atomic mass is 16.6. The van der Waals surface area contributed by atoms with Crippen LogP contribution < -0.4 is 16.0 Å². The molecule has 162 valence electrons. The van der Waals surface area contributed by atoms with E-state index in [1.54, 1.807) is 20.8 Å². The van der Waals surface area contributed by atoms with Crippen LogP contribution in [-0.2, 0) is 14.9 Å². The average molecular weight is 406 g/mol. The van der Waals surface area contributed by atoms with Crippen LogP contribution in [0.1, 0.15) is 70.3 Å². The maximum atomic E-state index is 12.2. The Labute approximate surface area is 174 Å². The Morgan fingerprint density at radius 2 is 1.41 bits per heavy atom. The molecule has 1 aromatic rings. The monoisotopic (exact) mass is 405 g/mol. The lowest BCUT2D eigenvalue weighted by molar-refractivity contribution is -0.120. The smallest absolute Gasteiger partial charge is 0.407 e. The topological polar surface area (TPSA) is 96.5 Å². The van der Waals surface area contributed by atoms with Crippen LogP contribution in [0.2, 0.25) is 0 Å². The van der Waals surface area contributed by atoms with Crippen molar-refractivity contribution in [3.63, 3.8) is 0 Å². The molecule has 0 saturated heterocycles. The van der Waals surface area contributed by atoms with Gasteiger partial charge in [-0.2, -0.15) is 0 Å². The number of ether oxygens (including phenoxy) is 1. The zero-order chi connectivity index (χ0) is 22.1. The van der Waals surface area contributed by atoms with Crippen molar-refractivity contribution in [3.8, 4) is 0 Å². The lowest BCUT2D eigenvalue weighted by Crippen LogP contribution is -2.35. The van der Waals surface area contributed by atoms with Gasteiger partial charge in [-0.05, 0) is 50.3 Å². The fourth-order valence-corrected chi connectivity index (χ4v) is 2.42. The largest absolute Gasteiger partial charge is 0.444 e. The molecule has 1 aromatic carbocycles. The highest BCUT2D eigenvalue weighted by Crippen LogP contribution is 2.22. The second-order valence-electron chi connectivity index (χ2n) is 8.97. The Hall–Kier alpha value is -2.57. The molecule has 0 spiro atoms. The molecule has 7 heteroatoms. The predicted octanol–water partition coefficient (Wildman–Crippen LogP) is 3.14. The van der Waals surface area contributed by atoms with E-state index in [0.29, 0.717) is 25.1 Å². The Bertz CT molecular complexity index is 685. The Morgan fingerprint density at radius 1 is 0.828 bits per heavy atom. The summed E-state index contributed by atoms with van der Waals surface area (Å²) in [5.74, 6) is -0.288. The summed E-state index contributed by atoms with van der Waals surface area (Å²) < 4.78 is 5.09. The molecule has 0 atom stereocenters. The SMILES string of the molecule is CC(C)(C)OC(=O)NCCC(=O)NCCCNC(=O)c1ccc(C(C)(C)C)cc1. The van der Waals surface area contributed by atoms with Gasteiger partial charge in [0.25, 0.3) is 5.91 Å². The molecule has 0 aromatic heterocycles. The van der Waals surface area contributed by atoms with Gasteiger partial charge in [0, 0.05) is 31.6 Å². The van der Waals surface area contributed by atoms with E-state index in [1.807, 2.05) is 24.3 Å². The van der Waals surface area contributed by atoms with E-state index < -0.39 is 11.7 Å². The molecule has 0 fully saturated rings. The number of benzene rings is 1. The van der Waals surface area contributed by atoms with E-state index in [-0.39, 0.29) is 30.2 Å². The van der Waals surface area contributed by atoms with Crippen molar-refractivity contribution < 1.29 is 19.1 Å². The van der Waals surface area contributed by atoms with Gasteiger partial charge in [-0.15, -0.1) is 0 Å². The van der Waals surface area contributed by atoms with Crippen LogP contribution in [0.5, 0.6) is 0 Å². The highest BCUT2D eigenvalue weighted by molar-refractivity contribution is 5.94. The first-order chi connectivity index (χ1) is 13.4. The number of alkyl carbamates (subject to hydrolysis) is 1. The molecule has 1 rings (SSSR count). The van der Waals surface area contributed by atoms with E-state index in [4.69, 9.17) is 4.74 Å². The van der Waals surface area contributed by atoms with E-state index >= 15 is 0 Å². The summed E-state index contributed by atoms with van der Waals surface area (Å²) in [6.45, 7) is 12.8. The maximum Gasteiger partial charge on any atom is 0.407 e. The van der Waals surface area contributed by atoms with Gasteiger partial charge in [0.2, 0.25) is 5.91 Å². The first-order valence-corrected chi connectivity index (χ1v) is 10.0. The minimum absolute atomic E-state index is 0.0512. The van der Waals surface area contributed by atoms with E-state index in [2.05, 4.69) is 36.7 Å². The molecule has 3 amide bonds. The average Bonchev–Trinajstić information content (AvgIpc) is 2.59. The van der Waals surface area contributed by atoms with Crippen LogP contribution >= 0.6 is 0 Å². The standard InChI is InChI=1S/C22H35N3O4/c1-21(2,3)17-10-8-16(9-11-17)19(27)24-14-7-13-23-18(26)12-15-25-20(28)29-22(4,5)6/h8-11H,7,12-15H2,1-6H3,(H,23,26)(H,24,27)(H,25,28). The normalized spacial score (nSPS) is 11.5. The first-order valence-electron chi connectivity index (χ1n) is 10.0. The molecule has 0 heterocycles. The number of rotatable bonds is 8. The summed E-state index contributed by atoms with van der Waals surface area (Å²) in [7, 11) is 0. The Morgan fingerprint density at radius 3 is 1.97 bits per heavy atom.